The molecule has 2 heterocycles. The summed E-state index contributed by atoms with van der Waals surface area (Å²) in [4.78, 5) is 29.6. The van der Waals surface area contributed by atoms with Gasteiger partial charge >= 0.3 is 0 Å². The molecule has 2 N–H and O–H groups in total. The number of benzene rings is 2. The minimum Gasteiger partial charge on any atom is -0.451 e. The minimum absolute atomic E-state index is 0.131. The van der Waals surface area contributed by atoms with Crippen molar-refractivity contribution in [2.24, 2.45) is 0 Å². The predicted octanol–water partition coefficient (Wildman–Crippen LogP) is 4.63. The number of nitrogens with one attached hydrogen (secondary N) is 2. The Balaban J connectivity index is 1.37. The second kappa shape index (κ2) is 7.66. The smallest absolute Gasteiger partial charge is 0.291 e. The lowest BCUT2D eigenvalue weighted by molar-refractivity contribution is -0.115. The number of rotatable bonds is 5. The number of nitrogens with zero attached hydrogens (tertiary/aromatic N) is 1. The van der Waals surface area contributed by atoms with E-state index in [1.807, 2.05) is 31.2 Å². The van der Waals surface area contributed by atoms with E-state index in [2.05, 4.69) is 15.6 Å². The van der Waals surface area contributed by atoms with Crippen LogP contribution < -0.4 is 10.6 Å². The molecule has 2 amide bonds. The molecular weight excluding hydrogens is 374 g/mol. The van der Waals surface area contributed by atoms with Crippen LogP contribution in [0.1, 0.15) is 21.0 Å². The number of carbonyl (C=O) groups is 2. The van der Waals surface area contributed by atoms with Crippen molar-refractivity contribution in [1.82, 2.24) is 4.98 Å². The summed E-state index contributed by atoms with van der Waals surface area (Å²) in [6.45, 7) is 1.94. The monoisotopic (exact) mass is 391 g/mol. The van der Waals surface area contributed by atoms with Crippen LogP contribution in [0.3, 0.4) is 0 Å². The molecule has 0 radical (unpaired) electrons. The average Bonchev–Trinajstić information content (AvgIpc) is 3.29. The average molecular weight is 391 g/mol. The molecule has 6 nitrogen and oxygen atoms in total. The number of anilines is 2. The van der Waals surface area contributed by atoms with Gasteiger partial charge in [0.2, 0.25) is 5.91 Å². The first-order valence-corrected chi connectivity index (χ1v) is 9.49. The molecule has 0 spiro atoms. The number of furan rings is 1. The van der Waals surface area contributed by atoms with Crippen LogP contribution in [0.2, 0.25) is 0 Å². The molecule has 0 saturated carbocycles. The number of carbonyl (C=O) groups excluding carboxylic acids is 2. The van der Waals surface area contributed by atoms with Gasteiger partial charge in [-0.25, -0.2) is 4.98 Å². The summed E-state index contributed by atoms with van der Waals surface area (Å²) in [5.74, 6) is -0.197. The van der Waals surface area contributed by atoms with Crippen LogP contribution in [0.5, 0.6) is 0 Å². The van der Waals surface area contributed by atoms with Gasteiger partial charge in [0.05, 0.1) is 6.42 Å². The van der Waals surface area contributed by atoms with E-state index in [1.54, 1.807) is 36.5 Å². The maximum absolute atomic E-state index is 12.4. The summed E-state index contributed by atoms with van der Waals surface area (Å²) < 4.78 is 5.57. The summed E-state index contributed by atoms with van der Waals surface area (Å²) in [5, 5.41) is 7.05. The van der Waals surface area contributed by atoms with Gasteiger partial charge < -0.3 is 15.1 Å². The van der Waals surface area contributed by atoms with Crippen molar-refractivity contribution in [3.05, 3.63) is 77.0 Å². The lowest BCUT2D eigenvalue weighted by atomic mass is 10.1. The van der Waals surface area contributed by atoms with Crippen molar-refractivity contribution >= 4 is 44.9 Å². The molecule has 2 aromatic heterocycles. The lowest BCUT2D eigenvalue weighted by Gasteiger charge is -2.05. The number of amides is 2. The minimum atomic E-state index is -0.319. The third-order valence-electron chi connectivity index (χ3n) is 4.09. The fourth-order valence-corrected chi connectivity index (χ4v) is 3.43. The van der Waals surface area contributed by atoms with Crippen molar-refractivity contribution in [2.45, 2.75) is 13.3 Å². The van der Waals surface area contributed by atoms with E-state index in [1.165, 1.54) is 11.3 Å². The number of aryl methyl sites for hydroxylation is 1. The SMILES string of the molecule is Cc1cnc(NC(=O)Cc2ccc(NC(=O)c3cc4ccccc4o3)cc2)s1. The fraction of sp³-hybridized carbons (Fsp3) is 0.0952. The Morgan fingerprint density at radius 1 is 1.07 bits per heavy atom. The Labute approximate surface area is 165 Å². The van der Waals surface area contributed by atoms with Gasteiger partial charge in [0, 0.05) is 22.1 Å². The predicted molar refractivity (Wildman–Crippen MR) is 110 cm³/mol. The van der Waals surface area contributed by atoms with E-state index in [0.29, 0.717) is 16.4 Å². The first-order chi connectivity index (χ1) is 13.6. The normalized spacial score (nSPS) is 10.8. The lowest BCUT2D eigenvalue weighted by Crippen LogP contribution is -2.14. The van der Waals surface area contributed by atoms with E-state index in [0.717, 1.165) is 15.8 Å². The summed E-state index contributed by atoms with van der Waals surface area (Å²) >= 11 is 1.44. The van der Waals surface area contributed by atoms with Crippen LogP contribution in [-0.2, 0) is 11.2 Å². The maximum Gasteiger partial charge on any atom is 0.291 e. The molecule has 0 unspecified atom stereocenters. The molecule has 28 heavy (non-hydrogen) atoms. The van der Waals surface area contributed by atoms with Gasteiger partial charge in [0.1, 0.15) is 5.58 Å². The zero-order chi connectivity index (χ0) is 19.5. The second-order valence-corrected chi connectivity index (χ2v) is 7.54. The Bertz CT molecular complexity index is 1110. The van der Waals surface area contributed by atoms with Crippen molar-refractivity contribution in [3.8, 4) is 0 Å². The molecule has 0 aliphatic carbocycles. The Kier molecular flexibility index (Phi) is 4.90. The van der Waals surface area contributed by atoms with Crippen molar-refractivity contribution in [1.29, 1.82) is 0 Å². The van der Waals surface area contributed by atoms with Gasteiger partial charge in [0.15, 0.2) is 10.9 Å². The van der Waals surface area contributed by atoms with Gasteiger partial charge in [-0.2, -0.15) is 0 Å². The molecule has 0 saturated heterocycles. The number of thiazole rings is 1. The van der Waals surface area contributed by atoms with Crippen LogP contribution in [0.15, 0.2) is 65.2 Å². The van der Waals surface area contributed by atoms with E-state index < -0.39 is 0 Å². The summed E-state index contributed by atoms with van der Waals surface area (Å²) in [6, 6.07) is 16.3. The fourth-order valence-electron chi connectivity index (χ4n) is 2.75. The second-order valence-electron chi connectivity index (χ2n) is 6.30. The standard InChI is InChI=1S/C21H17N3O3S/c1-13-12-22-21(28-13)24-19(25)10-14-6-8-16(9-7-14)23-20(26)18-11-15-4-2-3-5-17(15)27-18/h2-9,11-12H,10H2,1H3,(H,23,26)(H,22,24,25). The number of aromatic nitrogens is 1. The molecule has 0 aliphatic rings. The molecule has 4 aromatic rings. The zero-order valence-electron chi connectivity index (χ0n) is 15.1. The summed E-state index contributed by atoms with van der Waals surface area (Å²) in [5.41, 5.74) is 2.14. The molecule has 0 fully saturated rings. The van der Waals surface area contributed by atoms with E-state index in [-0.39, 0.29) is 24.0 Å². The highest BCUT2D eigenvalue weighted by molar-refractivity contribution is 7.15. The highest BCUT2D eigenvalue weighted by atomic mass is 32.1. The maximum atomic E-state index is 12.4. The van der Waals surface area contributed by atoms with Gasteiger partial charge in [-0.3, -0.25) is 9.59 Å². The number of fused-ring (bicyclic) bond motifs is 1. The molecular formula is C21H17N3O3S. The molecule has 2 aromatic carbocycles. The van der Waals surface area contributed by atoms with Crippen LogP contribution in [0, 0.1) is 6.92 Å². The van der Waals surface area contributed by atoms with Gasteiger partial charge in [-0.15, -0.1) is 11.3 Å². The van der Waals surface area contributed by atoms with Gasteiger partial charge in [-0.1, -0.05) is 30.3 Å². The molecule has 0 bridgehead atoms. The zero-order valence-corrected chi connectivity index (χ0v) is 15.9. The first kappa shape index (κ1) is 17.9. The molecule has 0 atom stereocenters. The summed E-state index contributed by atoms with van der Waals surface area (Å²) in [7, 11) is 0. The van der Waals surface area contributed by atoms with Crippen molar-refractivity contribution in [3.63, 3.8) is 0 Å². The van der Waals surface area contributed by atoms with Crippen molar-refractivity contribution in [2.75, 3.05) is 10.6 Å². The van der Waals surface area contributed by atoms with Gasteiger partial charge in [-0.05, 0) is 36.8 Å². The van der Waals surface area contributed by atoms with Gasteiger partial charge in [0.25, 0.3) is 5.91 Å². The van der Waals surface area contributed by atoms with Crippen LogP contribution in [-0.4, -0.2) is 16.8 Å². The van der Waals surface area contributed by atoms with Crippen molar-refractivity contribution < 1.29 is 14.0 Å². The molecule has 140 valence electrons. The van der Waals surface area contributed by atoms with Crippen LogP contribution in [0.4, 0.5) is 10.8 Å². The number of hydrogen-bond acceptors (Lipinski definition) is 5. The number of para-hydroxylation sites is 1. The molecule has 0 aliphatic heterocycles. The largest absolute Gasteiger partial charge is 0.451 e. The van der Waals surface area contributed by atoms with E-state index >= 15 is 0 Å². The topological polar surface area (TPSA) is 84.2 Å². The third-order valence-corrected chi connectivity index (χ3v) is 4.92. The Morgan fingerprint density at radius 2 is 1.86 bits per heavy atom. The van der Waals surface area contributed by atoms with E-state index in [4.69, 9.17) is 4.42 Å². The van der Waals surface area contributed by atoms with E-state index in [9.17, 15) is 9.59 Å². The van der Waals surface area contributed by atoms with Crippen LogP contribution >= 0.6 is 11.3 Å². The molecule has 7 heteroatoms. The number of hydrogen-bond donors (Lipinski definition) is 2. The summed E-state index contributed by atoms with van der Waals surface area (Å²) in [6.07, 6.45) is 1.95. The highest BCUT2D eigenvalue weighted by Crippen LogP contribution is 2.20. The quantitative estimate of drug-likeness (QED) is 0.519. The first-order valence-electron chi connectivity index (χ1n) is 8.68. The highest BCUT2D eigenvalue weighted by Gasteiger charge is 2.12. The Morgan fingerprint density at radius 3 is 2.57 bits per heavy atom. The molecule has 4 rings (SSSR count). The third kappa shape index (κ3) is 4.10. The van der Waals surface area contributed by atoms with Crippen LogP contribution in [0.25, 0.3) is 11.0 Å². The Hall–Kier alpha value is -3.45.